The molecule has 0 radical (unpaired) electrons. The molecular weight excluding hydrogens is 386 g/mol. The number of anilines is 1. The van der Waals surface area contributed by atoms with Gasteiger partial charge >= 0.3 is 0 Å². The summed E-state index contributed by atoms with van der Waals surface area (Å²) < 4.78 is 0. The summed E-state index contributed by atoms with van der Waals surface area (Å²) in [7, 11) is 0. The van der Waals surface area contributed by atoms with Crippen LogP contribution in [0.3, 0.4) is 0 Å². The second-order valence-corrected chi connectivity index (χ2v) is 8.65. The Hall–Kier alpha value is -2.73. The molecule has 0 unspecified atom stereocenters. The maximum absolute atomic E-state index is 13.1. The first kappa shape index (κ1) is 21.5. The van der Waals surface area contributed by atoms with Crippen LogP contribution in [0.2, 0.25) is 0 Å². The zero-order valence-corrected chi connectivity index (χ0v) is 18.7. The predicted octanol–water partition coefficient (Wildman–Crippen LogP) is 3.17. The second kappa shape index (κ2) is 10.1. The van der Waals surface area contributed by atoms with E-state index in [9.17, 15) is 4.79 Å². The molecule has 31 heavy (non-hydrogen) atoms. The Balaban J connectivity index is 1.22. The Kier molecular flexibility index (Phi) is 6.97. The summed E-state index contributed by atoms with van der Waals surface area (Å²) in [6.45, 7) is 10.2. The fourth-order valence-electron chi connectivity index (χ4n) is 4.49. The lowest BCUT2D eigenvalue weighted by molar-refractivity contribution is -0.137. The van der Waals surface area contributed by atoms with E-state index in [1.54, 1.807) is 0 Å². The minimum absolute atomic E-state index is 0.131. The first-order chi connectivity index (χ1) is 15.1. The van der Waals surface area contributed by atoms with Gasteiger partial charge < -0.3 is 9.80 Å². The maximum atomic E-state index is 13.1. The fourth-order valence-corrected chi connectivity index (χ4v) is 4.49. The number of nitrogens with zero attached hydrogens (tertiary/aromatic N) is 5. The Morgan fingerprint density at radius 2 is 1.61 bits per heavy atom. The van der Waals surface area contributed by atoms with Crippen LogP contribution >= 0.6 is 0 Å². The van der Waals surface area contributed by atoms with Crippen molar-refractivity contribution in [2.75, 3.05) is 50.7 Å². The number of hydrogen-bond donors (Lipinski definition) is 0. The lowest BCUT2D eigenvalue weighted by Crippen LogP contribution is -2.51. The lowest BCUT2D eigenvalue weighted by Gasteiger charge is -2.38. The van der Waals surface area contributed by atoms with Crippen molar-refractivity contribution in [2.45, 2.75) is 26.7 Å². The minimum Gasteiger partial charge on any atom is -0.341 e. The van der Waals surface area contributed by atoms with Gasteiger partial charge in [0.15, 0.2) is 0 Å². The fraction of sp³-hybridized carbons (Fsp3) is 0.480. The van der Waals surface area contributed by atoms with Gasteiger partial charge in [-0.2, -0.15) is 0 Å². The molecule has 1 aromatic heterocycles. The van der Waals surface area contributed by atoms with Gasteiger partial charge in [-0.1, -0.05) is 42.5 Å². The average Bonchev–Trinajstić information content (AvgIpc) is 2.79. The molecule has 2 aromatic rings. The zero-order valence-electron chi connectivity index (χ0n) is 18.7. The molecule has 3 heterocycles. The molecule has 1 aromatic carbocycles. The van der Waals surface area contributed by atoms with Crippen LogP contribution in [-0.2, 0) is 4.79 Å². The van der Waals surface area contributed by atoms with Gasteiger partial charge in [0.05, 0.1) is 0 Å². The van der Waals surface area contributed by atoms with E-state index < -0.39 is 0 Å². The Morgan fingerprint density at radius 3 is 2.26 bits per heavy atom. The number of amides is 1. The molecule has 2 aliphatic rings. The Bertz CT molecular complexity index is 877. The number of piperidine rings is 1. The van der Waals surface area contributed by atoms with Crippen LogP contribution in [0.25, 0.3) is 6.08 Å². The zero-order chi connectivity index (χ0) is 21.6. The van der Waals surface area contributed by atoms with Crippen molar-refractivity contribution in [3.05, 3.63) is 59.4 Å². The van der Waals surface area contributed by atoms with Crippen molar-refractivity contribution in [1.82, 2.24) is 19.8 Å². The number of carbonyl (C=O) groups excluding carboxylic acids is 1. The van der Waals surface area contributed by atoms with Gasteiger partial charge in [0.25, 0.3) is 0 Å². The van der Waals surface area contributed by atoms with Gasteiger partial charge in [-0.05, 0) is 38.3 Å². The predicted molar refractivity (Wildman–Crippen MR) is 125 cm³/mol. The molecule has 2 aliphatic heterocycles. The van der Waals surface area contributed by atoms with Gasteiger partial charge in [-0.3, -0.25) is 9.69 Å². The second-order valence-electron chi connectivity index (χ2n) is 8.65. The summed E-state index contributed by atoms with van der Waals surface area (Å²) in [4.78, 5) is 28.9. The molecule has 0 N–H and O–H groups in total. The van der Waals surface area contributed by atoms with Crippen LogP contribution in [0.15, 0.2) is 42.5 Å². The number of rotatable bonds is 5. The number of aromatic nitrogens is 2. The van der Waals surface area contributed by atoms with E-state index in [4.69, 9.17) is 0 Å². The normalized spacial score (nSPS) is 18.6. The van der Waals surface area contributed by atoms with E-state index in [1.807, 2.05) is 26.0 Å². The first-order valence-electron chi connectivity index (χ1n) is 11.4. The summed E-state index contributed by atoms with van der Waals surface area (Å²) in [5.74, 6) is 1.27. The number of aryl methyl sites for hydroxylation is 2. The molecule has 164 valence electrons. The molecule has 6 nitrogen and oxygen atoms in total. The molecule has 0 bridgehead atoms. The van der Waals surface area contributed by atoms with Crippen molar-refractivity contribution in [2.24, 2.45) is 5.92 Å². The molecule has 0 spiro atoms. The summed E-state index contributed by atoms with van der Waals surface area (Å²) in [6, 6.07) is 12.4. The maximum Gasteiger partial charge on any atom is 0.225 e. The van der Waals surface area contributed by atoms with E-state index >= 15 is 0 Å². The van der Waals surface area contributed by atoms with Crippen molar-refractivity contribution in [3.8, 4) is 0 Å². The SMILES string of the molecule is Cc1cc(C)nc(N2CCC(C(=O)N3CCN(C/C=C/c4ccccc4)CC3)CC2)n1. The highest BCUT2D eigenvalue weighted by molar-refractivity contribution is 5.79. The minimum atomic E-state index is 0.131. The molecule has 1 amide bonds. The third-order valence-corrected chi connectivity index (χ3v) is 6.25. The summed E-state index contributed by atoms with van der Waals surface area (Å²) >= 11 is 0. The monoisotopic (exact) mass is 419 g/mol. The van der Waals surface area contributed by atoms with Crippen LogP contribution in [0.1, 0.15) is 29.8 Å². The highest BCUT2D eigenvalue weighted by Crippen LogP contribution is 2.23. The lowest BCUT2D eigenvalue weighted by atomic mass is 9.95. The Labute approximate surface area is 185 Å². The van der Waals surface area contributed by atoms with Gasteiger partial charge in [-0.25, -0.2) is 9.97 Å². The standard InChI is InChI=1S/C25H33N5O/c1-20-19-21(2)27-25(26-20)30-13-10-23(11-14-30)24(31)29-17-15-28(16-18-29)12-6-9-22-7-4-3-5-8-22/h3-9,19,23H,10-18H2,1-2H3/b9-6+. The van der Waals surface area contributed by atoms with Crippen molar-refractivity contribution in [3.63, 3.8) is 0 Å². The molecule has 0 atom stereocenters. The average molecular weight is 420 g/mol. The molecule has 4 rings (SSSR count). The topological polar surface area (TPSA) is 52.6 Å². The van der Waals surface area contributed by atoms with E-state index in [-0.39, 0.29) is 5.92 Å². The largest absolute Gasteiger partial charge is 0.341 e. The molecule has 6 heteroatoms. The Morgan fingerprint density at radius 1 is 0.968 bits per heavy atom. The first-order valence-corrected chi connectivity index (χ1v) is 11.4. The summed E-state index contributed by atoms with van der Waals surface area (Å²) in [5.41, 5.74) is 3.23. The van der Waals surface area contributed by atoms with Crippen LogP contribution < -0.4 is 4.90 Å². The number of benzene rings is 1. The molecule has 2 saturated heterocycles. The van der Waals surface area contributed by atoms with Crippen molar-refractivity contribution in [1.29, 1.82) is 0 Å². The van der Waals surface area contributed by atoms with E-state index in [0.29, 0.717) is 5.91 Å². The highest BCUT2D eigenvalue weighted by Gasteiger charge is 2.31. The molecule has 0 aliphatic carbocycles. The number of carbonyl (C=O) groups is 1. The van der Waals surface area contributed by atoms with Crippen molar-refractivity contribution < 1.29 is 4.79 Å². The third kappa shape index (κ3) is 5.70. The van der Waals surface area contributed by atoms with Crippen LogP contribution in [0.5, 0.6) is 0 Å². The van der Waals surface area contributed by atoms with Crippen molar-refractivity contribution >= 4 is 17.9 Å². The molecule has 2 fully saturated rings. The van der Waals surface area contributed by atoms with E-state index in [2.05, 4.69) is 61.1 Å². The van der Waals surface area contributed by atoms with Gasteiger partial charge in [0.2, 0.25) is 11.9 Å². The highest BCUT2D eigenvalue weighted by atomic mass is 16.2. The van der Waals surface area contributed by atoms with Gasteiger partial charge in [0, 0.05) is 63.1 Å². The molecular formula is C25H33N5O. The smallest absolute Gasteiger partial charge is 0.225 e. The summed E-state index contributed by atoms with van der Waals surface area (Å²) in [6.07, 6.45) is 6.16. The van der Waals surface area contributed by atoms with Crippen LogP contribution in [0.4, 0.5) is 5.95 Å². The molecule has 0 saturated carbocycles. The third-order valence-electron chi connectivity index (χ3n) is 6.25. The quantitative estimate of drug-likeness (QED) is 0.745. The number of hydrogen-bond acceptors (Lipinski definition) is 5. The van der Waals surface area contributed by atoms with Crippen LogP contribution in [-0.4, -0.2) is 71.5 Å². The van der Waals surface area contributed by atoms with Gasteiger partial charge in [-0.15, -0.1) is 0 Å². The van der Waals surface area contributed by atoms with Crippen LogP contribution in [0, 0.1) is 19.8 Å². The summed E-state index contributed by atoms with van der Waals surface area (Å²) in [5, 5.41) is 0. The number of piperazine rings is 1. The van der Waals surface area contributed by atoms with Gasteiger partial charge in [0.1, 0.15) is 0 Å². The van der Waals surface area contributed by atoms with E-state index in [0.717, 1.165) is 76.0 Å². The van der Waals surface area contributed by atoms with E-state index in [1.165, 1.54) is 5.56 Å².